The summed E-state index contributed by atoms with van der Waals surface area (Å²) in [5, 5.41) is 13.6. The predicted octanol–water partition coefficient (Wildman–Crippen LogP) is 4.00. The van der Waals surface area contributed by atoms with E-state index in [-0.39, 0.29) is 12.5 Å². The number of halogens is 1. The van der Waals surface area contributed by atoms with Gasteiger partial charge in [-0.05, 0) is 61.4 Å². The van der Waals surface area contributed by atoms with Crippen molar-refractivity contribution >= 4 is 29.0 Å². The number of aliphatic hydroxyl groups excluding tert-OH is 1. The molecule has 1 fully saturated rings. The van der Waals surface area contributed by atoms with Crippen molar-refractivity contribution in [1.29, 1.82) is 0 Å². The molecule has 28 heavy (non-hydrogen) atoms. The highest BCUT2D eigenvalue weighted by Crippen LogP contribution is 2.35. The van der Waals surface area contributed by atoms with E-state index in [1.807, 2.05) is 24.3 Å². The molecule has 148 valence electrons. The van der Waals surface area contributed by atoms with Crippen LogP contribution in [-0.2, 0) is 0 Å². The molecule has 2 atom stereocenters. The summed E-state index contributed by atoms with van der Waals surface area (Å²) >= 11 is 5.96. The summed E-state index contributed by atoms with van der Waals surface area (Å²) in [4.78, 5) is 13.0. The van der Waals surface area contributed by atoms with E-state index in [0.29, 0.717) is 22.9 Å². The second kappa shape index (κ2) is 8.99. The molecule has 1 saturated heterocycles. The Morgan fingerprint density at radius 1 is 1.29 bits per heavy atom. The van der Waals surface area contributed by atoms with Crippen LogP contribution in [0, 0.1) is 5.92 Å². The second-order valence-corrected chi connectivity index (χ2v) is 7.26. The van der Waals surface area contributed by atoms with Crippen LogP contribution in [0.2, 0.25) is 5.02 Å². The summed E-state index contributed by atoms with van der Waals surface area (Å²) in [6, 6.07) is 13.9. The largest absolute Gasteiger partial charge is 0.491 e. The number of anilines is 2. The fraction of sp³-hybridized carbons (Fsp3) is 0.286. The standard InChI is InChI=1S/C21H24ClN3O3/c1-14-15(10-11-25(14)18-6-2-16(22)3-7-18)12-19(26)13-28-20-8-4-17(5-9-20)24-21(23)27/h2-9,15,19,26H,1,10-13H2,(H3,23,24,27)/t15?,19-/m0/s1. The molecule has 0 spiro atoms. The number of aliphatic hydroxyl groups is 1. The van der Waals surface area contributed by atoms with Gasteiger partial charge in [-0.1, -0.05) is 18.2 Å². The van der Waals surface area contributed by atoms with Gasteiger partial charge in [0.25, 0.3) is 0 Å². The molecule has 3 rings (SSSR count). The van der Waals surface area contributed by atoms with Gasteiger partial charge in [0.2, 0.25) is 0 Å². The molecule has 2 amide bonds. The highest BCUT2D eigenvalue weighted by molar-refractivity contribution is 6.30. The monoisotopic (exact) mass is 401 g/mol. The molecule has 7 heteroatoms. The van der Waals surface area contributed by atoms with E-state index >= 15 is 0 Å². The fourth-order valence-corrected chi connectivity index (χ4v) is 3.48. The van der Waals surface area contributed by atoms with Crippen LogP contribution in [0.1, 0.15) is 12.8 Å². The van der Waals surface area contributed by atoms with E-state index < -0.39 is 12.1 Å². The second-order valence-electron chi connectivity index (χ2n) is 6.82. The molecule has 1 heterocycles. The van der Waals surface area contributed by atoms with Crippen molar-refractivity contribution in [2.45, 2.75) is 18.9 Å². The maximum absolute atomic E-state index is 10.8. The zero-order valence-corrected chi connectivity index (χ0v) is 16.2. The van der Waals surface area contributed by atoms with Gasteiger partial charge in [-0.2, -0.15) is 0 Å². The van der Waals surface area contributed by atoms with E-state index in [1.165, 1.54) is 0 Å². The van der Waals surface area contributed by atoms with E-state index in [4.69, 9.17) is 22.1 Å². The number of nitrogens with zero attached hydrogens (tertiary/aromatic N) is 1. The summed E-state index contributed by atoms with van der Waals surface area (Å²) in [5.41, 5.74) is 7.73. The third-order valence-electron chi connectivity index (χ3n) is 4.78. The number of hydrogen-bond acceptors (Lipinski definition) is 4. The SMILES string of the molecule is C=C1C(C[C@H](O)COc2ccc(NC(N)=O)cc2)CCN1c1ccc(Cl)cc1. The first-order valence-corrected chi connectivity index (χ1v) is 9.49. The quantitative estimate of drug-likeness (QED) is 0.654. The molecule has 1 aliphatic heterocycles. The summed E-state index contributed by atoms with van der Waals surface area (Å²) in [6.45, 7) is 5.27. The fourth-order valence-electron chi connectivity index (χ4n) is 3.35. The van der Waals surface area contributed by atoms with Crippen molar-refractivity contribution in [3.63, 3.8) is 0 Å². The molecule has 0 bridgehead atoms. The third-order valence-corrected chi connectivity index (χ3v) is 5.03. The van der Waals surface area contributed by atoms with E-state index in [0.717, 1.165) is 24.4 Å². The number of allylic oxidation sites excluding steroid dienone is 1. The number of nitrogens with one attached hydrogen (secondary N) is 1. The number of urea groups is 1. The molecular weight excluding hydrogens is 378 g/mol. The lowest BCUT2D eigenvalue weighted by atomic mass is 9.98. The minimum atomic E-state index is -0.617. The molecule has 2 aromatic rings. The summed E-state index contributed by atoms with van der Waals surface area (Å²) < 4.78 is 5.65. The van der Waals surface area contributed by atoms with Gasteiger partial charge < -0.3 is 25.8 Å². The Kier molecular flexibility index (Phi) is 6.44. The number of hydrogen-bond donors (Lipinski definition) is 3. The summed E-state index contributed by atoms with van der Waals surface area (Å²) in [5.74, 6) is 0.818. The minimum absolute atomic E-state index is 0.188. The Morgan fingerprint density at radius 2 is 1.96 bits per heavy atom. The smallest absolute Gasteiger partial charge is 0.316 e. The molecule has 1 aliphatic rings. The Morgan fingerprint density at radius 3 is 2.61 bits per heavy atom. The van der Waals surface area contributed by atoms with Crippen molar-refractivity contribution in [3.05, 3.63) is 65.8 Å². The maximum Gasteiger partial charge on any atom is 0.316 e. The molecule has 0 aromatic heterocycles. The normalized spacial score (nSPS) is 17.4. The molecule has 6 nitrogen and oxygen atoms in total. The number of amides is 2. The van der Waals surface area contributed by atoms with Crippen LogP contribution in [0.4, 0.5) is 16.2 Å². The van der Waals surface area contributed by atoms with Crippen molar-refractivity contribution in [2.24, 2.45) is 11.7 Å². The number of carbonyl (C=O) groups is 1. The van der Waals surface area contributed by atoms with Gasteiger partial charge in [0.1, 0.15) is 12.4 Å². The van der Waals surface area contributed by atoms with Crippen LogP contribution in [0.25, 0.3) is 0 Å². The molecule has 1 unspecified atom stereocenters. The van der Waals surface area contributed by atoms with Crippen molar-refractivity contribution < 1.29 is 14.6 Å². The van der Waals surface area contributed by atoms with Crippen LogP contribution >= 0.6 is 11.6 Å². The van der Waals surface area contributed by atoms with E-state index in [9.17, 15) is 9.90 Å². The summed E-state index contributed by atoms with van der Waals surface area (Å²) in [6.07, 6.45) is 0.923. The highest BCUT2D eigenvalue weighted by atomic mass is 35.5. The van der Waals surface area contributed by atoms with Gasteiger partial charge in [0.05, 0.1) is 6.10 Å². The van der Waals surface area contributed by atoms with Crippen LogP contribution in [0.15, 0.2) is 60.8 Å². The Labute approximate surface area is 169 Å². The van der Waals surface area contributed by atoms with Gasteiger partial charge in [-0.15, -0.1) is 0 Å². The zero-order chi connectivity index (χ0) is 20.1. The van der Waals surface area contributed by atoms with Crippen LogP contribution < -0.4 is 20.7 Å². The maximum atomic E-state index is 10.8. The van der Waals surface area contributed by atoms with Gasteiger partial charge in [-0.3, -0.25) is 0 Å². The van der Waals surface area contributed by atoms with Crippen molar-refractivity contribution in [1.82, 2.24) is 0 Å². The lowest BCUT2D eigenvalue weighted by molar-refractivity contribution is 0.0899. The van der Waals surface area contributed by atoms with Gasteiger partial charge >= 0.3 is 6.03 Å². The van der Waals surface area contributed by atoms with Gasteiger partial charge in [0.15, 0.2) is 0 Å². The third kappa shape index (κ3) is 5.18. The first-order chi connectivity index (χ1) is 13.4. The number of carbonyl (C=O) groups excluding carboxylic acids is 1. The predicted molar refractivity (Wildman–Crippen MR) is 112 cm³/mol. The van der Waals surface area contributed by atoms with Crippen LogP contribution in [0.5, 0.6) is 5.75 Å². The van der Waals surface area contributed by atoms with Crippen LogP contribution in [-0.4, -0.2) is 30.4 Å². The average Bonchev–Trinajstić information content (AvgIpc) is 3.02. The molecule has 0 radical (unpaired) electrons. The topological polar surface area (TPSA) is 87.8 Å². The summed E-state index contributed by atoms with van der Waals surface area (Å²) in [7, 11) is 0. The average molecular weight is 402 g/mol. The lowest BCUT2D eigenvalue weighted by Crippen LogP contribution is -2.22. The minimum Gasteiger partial charge on any atom is -0.491 e. The van der Waals surface area contributed by atoms with Gasteiger partial charge in [-0.25, -0.2) is 4.79 Å². The first-order valence-electron chi connectivity index (χ1n) is 9.11. The van der Waals surface area contributed by atoms with Crippen molar-refractivity contribution in [3.8, 4) is 5.75 Å². The van der Waals surface area contributed by atoms with Gasteiger partial charge in [0, 0.05) is 34.6 Å². The Hall–Kier alpha value is -2.70. The number of primary amides is 1. The van der Waals surface area contributed by atoms with Crippen molar-refractivity contribution in [2.75, 3.05) is 23.4 Å². The van der Waals surface area contributed by atoms with E-state index in [2.05, 4.69) is 16.8 Å². The molecule has 0 aliphatic carbocycles. The Balaban J connectivity index is 1.48. The Bertz CT molecular complexity index is 824. The number of nitrogens with two attached hydrogens (primary N) is 1. The highest BCUT2D eigenvalue weighted by Gasteiger charge is 2.29. The van der Waals surface area contributed by atoms with Crippen LogP contribution in [0.3, 0.4) is 0 Å². The number of benzene rings is 2. The molecule has 4 N–H and O–H groups in total. The molecular formula is C21H24ClN3O3. The molecule has 0 saturated carbocycles. The number of rotatable bonds is 7. The lowest BCUT2D eigenvalue weighted by Gasteiger charge is -2.23. The number of ether oxygens (including phenoxy) is 1. The molecule has 2 aromatic carbocycles. The first kappa shape index (κ1) is 20.0. The zero-order valence-electron chi connectivity index (χ0n) is 15.5. The van der Waals surface area contributed by atoms with E-state index in [1.54, 1.807) is 24.3 Å².